The zero-order valence-electron chi connectivity index (χ0n) is 39.4. The zero-order chi connectivity index (χ0) is 53.6. The molecule has 0 fully saturated rings. The van der Waals surface area contributed by atoms with Crippen molar-refractivity contribution in [1.29, 1.82) is 0 Å². The molecule has 2 aromatic heterocycles. The number of carbonyl (C=O) groups is 3. The number of allylic oxidation sites excluding steroid dienone is 3. The van der Waals surface area contributed by atoms with E-state index in [-0.39, 0.29) is 29.9 Å². The summed E-state index contributed by atoms with van der Waals surface area (Å²) in [5, 5.41) is 11.0. The van der Waals surface area contributed by atoms with Gasteiger partial charge < -0.3 is 25.4 Å². The Labute approximate surface area is 424 Å². The molecule has 75 heavy (non-hydrogen) atoms. The summed E-state index contributed by atoms with van der Waals surface area (Å²) in [6.45, 7) is 1.79. The first-order valence-corrected chi connectivity index (χ1v) is 22.6. The molecule has 1 aliphatic heterocycles. The first-order chi connectivity index (χ1) is 35.7. The molecule has 6 aromatic carbocycles. The van der Waals surface area contributed by atoms with Crippen molar-refractivity contribution in [2.75, 3.05) is 29.2 Å². The number of rotatable bonds is 10. The number of pyridine rings is 2. The number of aromatic nitrogens is 2. The van der Waals surface area contributed by atoms with Gasteiger partial charge in [-0.05, 0) is 95.6 Å². The van der Waals surface area contributed by atoms with E-state index in [2.05, 4.69) is 25.9 Å². The number of carbonyl (C=O) groups excluding carboxylic acids is 3. The van der Waals surface area contributed by atoms with Crippen molar-refractivity contribution >= 4 is 74.7 Å². The highest BCUT2D eigenvalue weighted by Crippen LogP contribution is 2.33. The fourth-order valence-corrected chi connectivity index (χ4v) is 6.95. The topological polar surface area (TPSA) is 132 Å². The Bertz CT molecular complexity index is 3360. The summed E-state index contributed by atoms with van der Waals surface area (Å²) in [5.41, 5.74) is 5.05. The fourth-order valence-electron chi connectivity index (χ4n) is 6.95. The monoisotopic (exact) mass is 1030 g/mol. The number of amides is 3. The Kier molecular flexibility index (Phi) is 17.2. The minimum Gasteiger partial charge on any atom is -0.486 e. The van der Waals surface area contributed by atoms with Gasteiger partial charge in [-0.15, -0.1) is 0 Å². The quantitative estimate of drug-likeness (QED) is 0.116. The van der Waals surface area contributed by atoms with Crippen LogP contribution in [0.1, 0.15) is 54.7 Å². The second kappa shape index (κ2) is 24.0. The van der Waals surface area contributed by atoms with E-state index >= 15 is 0 Å². The Morgan fingerprint density at radius 2 is 1.01 bits per heavy atom. The van der Waals surface area contributed by atoms with Gasteiger partial charge in [0.05, 0.1) is 17.4 Å². The number of nitrogens with zero attached hydrogens (tertiary/aromatic N) is 2. The van der Waals surface area contributed by atoms with Crippen molar-refractivity contribution < 1.29 is 59.0 Å². The van der Waals surface area contributed by atoms with Crippen LogP contribution in [0.15, 0.2) is 182 Å². The molecule has 0 saturated heterocycles. The van der Waals surface area contributed by atoms with Crippen molar-refractivity contribution in [2.45, 2.75) is 25.2 Å². The molecule has 18 heteroatoms. The minimum absolute atomic E-state index is 0.156. The molecule has 0 aliphatic carbocycles. The van der Waals surface area contributed by atoms with Crippen molar-refractivity contribution in [3.05, 3.63) is 216 Å². The second-order valence-corrected chi connectivity index (χ2v) is 16.4. The van der Waals surface area contributed by atoms with E-state index in [1.54, 1.807) is 79.3 Å². The van der Waals surface area contributed by atoms with Crippen LogP contribution in [-0.2, 0) is 0 Å². The van der Waals surface area contributed by atoms with Crippen molar-refractivity contribution in [2.24, 2.45) is 0 Å². The number of halogens is 8. The summed E-state index contributed by atoms with van der Waals surface area (Å²) < 4.78 is 109. The average molecular weight is 1030 g/mol. The average Bonchev–Trinajstić information content (AvgIpc) is 3.39. The summed E-state index contributed by atoms with van der Waals surface area (Å²) >= 11 is 0. The number of ether oxygens (including phenoxy) is 2. The number of hydrogen-bond acceptors (Lipinski definition) is 7. The van der Waals surface area contributed by atoms with Crippen LogP contribution in [0, 0.1) is 0 Å². The summed E-state index contributed by atoms with van der Waals surface area (Å²) in [5.74, 6) is -2.63. The third-order valence-corrected chi connectivity index (χ3v) is 10.6. The number of anilines is 3. The SMILES string of the molecule is CC(F)(F)/C=C/c1ccc(C(=O)Nc2ccc3c(c2)OCCO3)cc1.O=C(Nc1cccc2cnccc12)c1ccc(/C=C/C(F)(F)F)cc1.O=C(Nc1cnc2ccccc2c1)c1ccc(/C=C/C(F)(F)F)cc1. The van der Waals surface area contributed by atoms with Crippen molar-refractivity contribution in [3.8, 4) is 11.5 Å². The zero-order valence-corrected chi connectivity index (χ0v) is 39.4. The van der Waals surface area contributed by atoms with Gasteiger partial charge in [-0.25, -0.2) is 8.78 Å². The van der Waals surface area contributed by atoms with Gasteiger partial charge in [0, 0.05) is 81.8 Å². The van der Waals surface area contributed by atoms with E-state index in [1.807, 2.05) is 36.4 Å². The molecule has 0 spiro atoms. The van der Waals surface area contributed by atoms with E-state index in [0.29, 0.717) is 75.2 Å². The van der Waals surface area contributed by atoms with E-state index in [0.717, 1.165) is 46.8 Å². The molecule has 0 atom stereocenters. The molecule has 3 amide bonds. The first kappa shape index (κ1) is 53.6. The highest BCUT2D eigenvalue weighted by molar-refractivity contribution is 6.09. The maximum Gasteiger partial charge on any atom is 0.409 e. The summed E-state index contributed by atoms with van der Waals surface area (Å²) in [4.78, 5) is 45.2. The standard InChI is InChI=1S/2C19H13F3N2O.C19H17F2NO3/c20-19(21,22)10-8-13-4-6-14(7-5-13)18(25)24-17-3-1-2-15-12-23-11-9-16(15)17;20-19(21,22)10-9-13-5-7-14(8-6-13)18(25)24-16-11-15-3-1-2-4-17(15)23-12-16;1-19(20,21)9-8-13-2-4-14(5-3-13)18(23)22-15-6-7-16-17(12-15)25-11-10-24-16/h2*1-12H,(H,24,25);2-9,12H,10-11H2,1H3,(H,22,23)/b10-8+;10-9+;9-8+. The molecule has 1 aliphatic rings. The predicted molar refractivity (Wildman–Crippen MR) is 274 cm³/mol. The Balaban J connectivity index is 0.000000164. The van der Waals surface area contributed by atoms with E-state index in [9.17, 15) is 49.5 Å². The van der Waals surface area contributed by atoms with Gasteiger partial charge in [0.1, 0.15) is 13.2 Å². The summed E-state index contributed by atoms with van der Waals surface area (Å²) in [6, 6.07) is 39.9. The van der Waals surface area contributed by atoms with Gasteiger partial charge in [-0.1, -0.05) is 85.0 Å². The highest BCUT2D eigenvalue weighted by Gasteiger charge is 2.23. The lowest BCUT2D eigenvalue weighted by Crippen LogP contribution is -2.16. The number of nitrogens with one attached hydrogen (secondary N) is 3. The predicted octanol–water partition coefficient (Wildman–Crippen LogP) is 14.5. The fraction of sp³-hybridized carbons (Fsp3) is 0.105. The number of para-hydroxylation sites is 1. The largest absolute Gasteiger partial charge is 0.486 e. The Morgan fingerprint density at radius 1 is 0.507 bits per heavy atom. The molecule has 3 heterocycles. The highest BCUT2D eigenvalue weighted by atomic mass is 19.4. The number of benzene rings is 6. The van der Waals surface area contributed by atoms with Gasteiger partial charge in [-0.3, -0.25) is 24.4 Å². The van der Waals surface area contributed by atoms with Gasteiger partial charge in [-0.2, -0.15) is 26.3 Å². The molecular formula is C57H43F8N5O5. The van der Waals surface area contributed by atoms with Crippen molar-refractivity contribution in [1.82, 2.24) is 9.97 Å². The summed E-state index contributed by atoms with van der Waals surface area (Å²) in [7, 11) is 0. The third kappa shape index (κ3) is 16.7. The van der Waals surface area contributed by atoms with Crippen LogP contribution in [0.4, 0.5) is 52.2 Å². The molecular weight excluding hydrogens is 987 g/mol. The van der Waals surface area contributed by atoms with Crippen LogP contribution in [-0.4, -0.2) is 59.2 Å². The van der Waals surface area contributed by atoms with Crippen molar-refractivity contribution in [3.63, 3.8) is 0 Å². The van der Waals surface area contributed by atoms with Crippen LogP contribution in [0.5, 0.6) is 11.5 Å². The molecule has 382 valence electrons. The van der Waals surface area contributed by atoms with Gasteiger partial charge in [0.2, 0.25) is 0 Å². The molecule has 3 N–H and O–H groups in total. The van der Waals surface area contributed by atoms with Gasteiger partial charge in [0.15, 0.2) is 11.5 Å². The smallest absolute Gasteiger partial charge is 0.409 e. The van der Waals surface area contributed by atoms with Crippen LogP contribution in [0.25, 0.3) is 39.9 Å². The van der Waals surface area contributed by atoms with E-state index in [1.165, 1.54) is 54.6 Å². The lowest BCUT2D eigenvalue weighted by Gasteiger charge is -2.19. The minimum atomic E-state index is -4.36. The second-order valence-electron chi connectivity index (χ2n) is 16.4. The summed E-state index contributed by atoms with van der Waals surface area (Å²) in [6.07, 6.45) is 0.536. The Morgan fingerprint density at radius 3 is 1.57 bits per heavy atom. The lowest BCUT2D eigenvalue weighted by molar-refractivity contribution is -0.0800. The van der Waals surface area contributed by atoms with E-state index in [4.69, 9.17) is 9.47 Å². The van der Waals surface area contributed by atoms with Crippen LogP contribution >= 0.6 is 0 Å². The Hall–Kier alpha value is -9.19. The molecule has 9 rings (SSSR count). The molecule has 0 saturated carbocycles. The third-order valence-electron chi connectivity index (χ3n) is 10.6. The van der Waals surface area contributed by atoms with Gasteiger partial charge in [0.25, 0.3) is 23.6 Å². The molecule has 10 nitrogen and oxygen atoms in total. The molecule has 0 bridgehead atoms. The normalized spacial score (nSPS) is 12.4. The lowest BCUT2D eigenvalue weighted by atomic mass is 10.1. The van der Waals surface area contributed by atoms with Crippen LogP contribution in [0.2, 0.25) is 0 Å². The first-order valence-electron chi connectivity index (χ1n) is 22.6. The number of hydrogen-bond donors (Lipinski definition) is 3. The maximum atomic E-state index is 12.8. The number of fused-ring (bicyclic) bond motifs is 3. The van der Waals surface area contributed by atoms with Crippen LogP contribution in [0.3, 0.4) is 0 Å². The molecule has 8 aromatic rings. The molecule has 0 radical (unpaired) electrons. The maximum absolute atomic E-state index is 12.8. The van der Waals surface area contributed by atoms with Crippen LogP contribution < -0.4 is 25.4 Å². The number of alkyl halides is 8. The molecule has 0 unspecified atom stereocenters. The van der Waals surface area contributed by atoms with Gasteiger partial charge >= 0.3 is 12.4 Å². The van der Waals surface area contributed by atoms with E-state index < -0.39 is 18.3 Å².